The number of carbonyl (C=O) groups is 1. The van der Waals surface area contributed by atoms with Crippen LogP contribution in [-0.2, 0) is 0 Å². The van der Waals surface area contributed by atoms with Crippen molar-refractivity contribution in [2.24, 2.45) is 10.8 Å². The van der Waals surface area contributed by atoms with Crippen LogP contribution in [0.3, 0.4) is 0 Å². The fourth-order valence-electron chi connectivity index (χ4n) is 1.06. The number of rotatable bonds is 4. The number of hydrazone groups is 1. The second-order valence-electron chi connectivity index (χ2n) is 2.83. The van der Waals surface area contributed by atoms with E-state index in [1.165, 1.54) is 12.4 Å². The molecule has 5 N–H and O–H groups in total. The van der Waals surface area contributed by atoms with E-state index in [0.29, 0.717) is 5.57 Å². The lowest BCUT2D eigenvalue weighted by molar-refractivity contribution is 0.215. The van der Waals surface area contributed by atoms with Gasteiger partial charge in [-0.1, -0.05) is 30.3 Å². The number of allylic oxidation sites excluding steroid dienone is 1. The van der Waals surface area contributed by atoms with Crippen LogP contribution in [0.4, 0.5) is 4.79 Å². The highest BCUT2D eigenvalue weighted by Crippen LogP contribution is 2.10. The topological polar surface area (TPSA) is 99.7 Å². The summed E-state index contributed by atoms with van der Waals surface area (Å²) in [5.74, 6) is 0. The van der Waals surface area contributed by atoms with E-state index in [1.54, 1.807) is 0 Å². The molecule has 2 amide bonds. The van der Waals surface area contributed by atoms with Crippen molar-refractivity contribution < 1.29 is 10.0 Å². The van der Waals surface area contributed by atoms with Gasteiger partial charge in [0.1, 0.15) is 0 Å². The van der Waals surface area contributed by atoms with Gasteiger partial charge in [-0.3, -0.25) is 10.7 Å². The van der Waals surface area contributed by atoms with Crippen LogP contribution in [0, 0.1) is 0 Å². The number of carbonyl (C=O) groups excluding carboxylic acids is 1. The van der Waals surface area contributed by atoms with Gasteiger partial charge < -0.3 is 5.73 Å². The Labute approximate surface area is 92.4 Å². The van der Waals surface area contributed by atoms with Gasteiger partial charge in [0.05, 0.1) is 6.21 Å². The minimum Gasteiger partial charge on any atom is -0.350 e. The normalized spacial score (nSPS) is 11.4. The van der Waals surface area contributed by atoms with Crippen LogP contribution in [0.1, 0.15) is 5.56 Å². The third-order valence-electron chi connectivity index (χ3n) is 1.71. The second-order valence-corrected chi connectivity index (χ2v) is 2.83. The molecule has 16 heavy (non-hydrogen) atoms. The van der Waals surface area contributed by atoms with Crippen molar-refractivity contribution in [3.8, 4) is 0 Å². The van der Waals surface area contributed by atoms with Gasteiger partial charge in [0.25, 0.3) is 0 Å². The molecule has 0 saturated heterocycles. The van der Waals surface area contributed by atoms with Gasteiger partial charge in [0.2, 0.25) is 0 Å². The van der Waals surface area contributed by atoms with Gasteiger partial charge in [0.15, 0.2) is 0 Å². The average Bonchev–Trinajstić information content (AvgIpc) is 2.29. The van der Waals surface area contributed by atoms with E-state index in [0.717, 1.165) is 5.56 Å². The number of primary amides is 1. The van der Waals surface area contributed by atoms with Gasteiger partial charge >= 0.3 is 6.03 Å². The van der Waals surface area contributed by atoms with Crippen LogP contribution in [-0.4, -0.2) is 17.5 Å². The number of nitrogens with one attached hydrogen (secondary N) is 2. The zero-order valence-corrected chi connectivity index (χ0v) is 8.42. The molecule has 0 fully saturated rings. The van der Waals surface area contributed by atoms with Crippen LogP contribution in [0.25, 0.3) is 5.57 Å². The summed E-state index contributed by atoms with van der Waals surface area (Å²) in [6.45, 7) is 0. The standard InChI is InChI=1S/C10H12N4O2/c11-10(15)14-12-6-9(7-13-16)8-4-2-1-3-5-8/h1-7,13,16H,(H3,11,14,15). The zero-order valence-electron chi connectivity index (χ0n) is 8.42. The Morgan fingerprint density at radius 3 is 2.62 bits per heavy atom. The number of hydrogen-bond acceptors (Lipinski definition) is 4. The molecule has 84 valence electrons. The van der Waals surface area contributed by atoms with E-state index >= 15 is 0 Å². The van der Waals surface area contributed by atoms with Crippen LogP contribution >= 0.6 is 0 Å². The predicted octanol–water partition coefficient (Wildman–Crippen LogP) is 0.660. The van der Waals surface area contributed by atoms with E-state index in [-0.39, 0.29) is 0 Å². The lowest BCUT2D eigenvalue weighted by Crippen LogP contribution is -2.24. The third kappa shape index (κ3) is 3.81. The van der Waals surface area contributed by atoms with Gasteiger partial charge in [-0.2, -0.15) is 5.10 Å². The van der Waals surface area contributed by atoms with Crippen molar-refractivity contribution in [1.29, 1.82) is 0 Å². The van der Waals surface area contributed by atoms with Gasteiger partial charge in [0, 0.05) is 11.8 Å². The highest BCUT2D eigenvalue weighted by Gasteiger charge is 1.97. The van der Waals surface area contributed by atoms with E-state index in [9.17, 15) is 4.79 Å². The molecule has 0 unspecified atom stereocenters. The number of hydroxylamine groups is 1. The lowest BCUT2D eigenvalue weighted by atomic mass is 10.1. The Morgan fingerprint density at radius 2 is 2.06 bits per heavy atom. The first kappa shape index (κ1) is 11.7. The quantitative estimate of drug-likeness (QED) is 0.443. The first-order valence-electron chi connectivity index (χ1n) is 4.47. The maximum Gasteiger partial charge on any atom is 0.332 e. The SMILES string of the molecule is NC(=O)NN=CC(=CNO)c1ccccc1. The lowest BCUT2D eigenvalue weighted by Gasteiger charge is -2.01. The molecular weight excluding hydrogens is 208 g/mol. The molecule has 0 saturated carbocycles. The first-order chi connectivity index (χ1) is 7.74. The number of benzene rings is 1. The number of hydrogen-bond donors (Lipinski definition) is 4. The fourth-order valence-corrected chi connectivity index (χ4v) is 1.06. The Bertz CT molecular complexity index is 401. The molecule has 0 aliphatic heterocycles. The van der Waals surface area contributed by atoms with Crippen molar-refractivity contribution in [3.05, 3.63) is 42.1 Å². The first-order valence-corrected chi connectivity index (χ1v) is 4.47. The Balaban J connectivity index is 2.81. The van der Waals surface area contributed by atoms with Crippen LogP contribution in [0.15, 0.2) is 41.6 Å². The average molecular weight is 220 g/mol. The van der Waals surface area contributed by atoms with E-state index in [2.05, 4.69) is 10.5 Å². The zero-order chi connectivity index (χ0) is 11.8. The monoisotopic (exact) mass is 220 g/mol. The molecular formula is C10H12N4O2. The summed E-state index contributed by atoms with van der Waals surface area (Å²) in [4.78, 5) is 10.4. The van der Waals surface area contributed by atoms with E-state index < -0.39 is 6.03 Å². The van der Waals surface area contributed by atoms with Gasteiger partial charge in [-0.25, -0.2) is 10.2 Å². The Morgan fingerprint density at radius 1 is 1.38 bits per heavy atom. The van der Waals surface area contributed by atoms with Gasteiger partial charge in [-0.15, -0.1) is 0 Å². The summed E-state index contributed by atoms with van der Waals surface area (Å²) in [5.41, 5.74) is 10.2. The third-order valence-corrected chi connectivity index (χ3v) is 1.71. The van der Waals surface area contributed by atoms with Crippen molar-refractivity contribution in [2.45, 2.75) is 0 Å². The summed E-state index contributed by atoms with van der Waals surface area (Å²) >= 11 is 0. The highest BCUT2D eigenvalue weighted by atomic mass is 16.5. The summed E-state index contributed by atoms with van der Waals surface area (Å²) in [7, 11) is 0. The summed E-state index contributed by atoms with van der Waals surface area (Å²) in [5, 5.41) is 12.2. The van der Waals surface area contributed by atoms with Gasteiger partial charge in [-0.05, 0) is 5.56 Å². The minimum atomic E-state index is -0.749. The maximum atomic E-state index is 10.4. The molecule has 1 rings (SSSR count). The molecule has 0 aliphatic rings. The predicted molar refractivity (Wildman–Crippen MR) is 60.6 cm³/mol. The molecule has 1 aromatic carbocycles. The molecule has 0 radical (unpaired) electrons. The smallest absolute Gasteiger partial charge is 0.332 e. The number of amides is 2. The van der Waals surface area contributed by atoms with Crippen LogP contribution in [0.5, 0.6) is 0 Å². The van der Waals surface area contributed by atoms with Crippen LogP contribution in [0.2, 0.25) is 0 Å². The Kier molecular flexibility index (Phi) is 4.55. The molecule has 6 nitrogen and oxygen atoms in total. The molecule has 0 aromatic heterocycles. The van der Waals surface area contributed by atoms with Crippen molar-refractivity contribution in [1.82, 2.24) is 10.9 Å². The second kappa shape index (κ2) is 6.20. The summed E-state index contributed by atoms with van der Waals surface area (Å²) in [6, 6.07) is 8.47. The van der Waals surface area contributed by atoms with E-state index in [4.69, 9.17) is 10.9 Å². The number of urea groups is 1. The molecule has 1 aromatic rings. The van der Waals surface area contributed by atoms with E-state index in [1.807, 2.05) is 35.8 Å². The summed E-state index contributed by atoms with van der Waals surface area (Å²) < 4.78 is 0. The summed E-state index contributed by atoms with van der Waals surface area (Å²) in [6.07, 6.45) is 2.70. The van der Waals surface area contributed by atoms with Crippen molar-refractivity contribution in [2.75, 3.05) is 0 Å². The van der Waals surface area contributed by atoms with Crippen molar-refractivity contribution >= 4 is 17.8 Å². The molecule has 0 bridgehead atoms. The number of nitrogens with zero attached hydrogens (tertiary/aromatic N) is 1. The minimum absolute atomic E-state index is 0.594. The van der Waals surface area contributed by atoms with Crippen molar-refractivity contribution in [3.63, 3.8) is 0 Å². The molecule has 0 spiro atoms. The molecule has 0 heterocycles. The largest absolute Gasteiger partial charge is 0.350 e. The maximum absolute atomic E-state index is 10.4. The highest BCUT2D eigenvalue weighted by molar-refractivity contribution is 6.09. The number of nitrogens with two attached hydrogens (primary N) is 1. The fraction of sp³-hybridized carbons (Fsp3) is 0. The molecule has 0 aliphatic carbocycles. The molecule has 0 atom stereocenters. The van der Waals surface area contributed by atoms with Crippen LogP contribution < -0.4 is 16.6 Å². The molecule has 6 heteroatoms. The Hall–Kier alpha value is -2.34.